The standard InChI is InChI=1S/C26H26N4O4/c31-17-26(12-6-13-26)14-11-21(32)20-9-4-5-10-22(20)34-16-19-15-23(33)30-25(27-19)28-24(29-30)18-7-2-1-3-8-18/h1-5,7-10,15,31H,6,11-14,16-17H2,(H,27,28,29). The number of aromatic amines is 1. The largest absolute Gasteiger partial charge is 0.487 e. The van der Waals surface area contributed by atoms with E-state index in [1.165, 1.54) is 10.6 Å². The number of carbonyl (C=O) groups is 1. The summed E-state index contributed by atoms with van der Waals surface area (Å²) in [6, 6.07) is 18.0. The van der Waals surface area contributed by atoms with E-state index in [1.807, 2.05) is 30.3 Å². The summed E-state index contributed by atoms with van der Waals surface area (Å²) < 4.78 is 7.21. The number of aromatic nitrogens is 4. The SMILES string of the molecule is O=C(CCC1(CO)CCC1)c1ccccc1OCc1cc(=O)n2[nH]c(-c3ccccc3)nc2n1. The number of benzene rings is 2. The summed E-state index contributed by atoms with van der Waals surface area (Å²) in [5.74, 6) is 1.24. The smallest absolute Gasteiger partial charge is 0.274 e. The van der Waals surface area contributed by atoms with Crippen LogP contribution in [0.1, 0.15) is 48.2 Å². The zero-order valence-corrected chi connectivity index (χ0v) is 18.7. The van der Waals surface area contributed by atoms with Gasteiger partial charge in [-0.05, 0) is 36.8 Å². The first-order chi connectivity index (χ1) is 16.6. The van der Waals surface area contributed by atoms with E-state index >= 15 is 0 Å². The minimum Gasteiger partial charge on any atom is -0.487 e. The van der Waals surface area contributed by atoms with Crippen LogP contribution in [-0.2, 0) is 6.61 Å². The van der Waals surface area contributed by atoms with Gasteiger partial charge in [-0.2, -0.15) is 9.50 Å². The number of hydrogen-bond acceptors (Lipinski definition) is 6. The Bertz CT molecular complexity index is 1370. The third kappa shape index (κ3) is 4.36. The first-order valence-electron chi connectivity index (χ1n) is 11.5. The Hall–Kier alpha value is -3.78. The monoisotopic (exact) mass is 458 g/mol. The second-order valence-corrected chi connectivity index (χ2v) is 8.88. The number of fused-ring (bicyclic) bond motifs is 1. The van der Waals surface area contributed by atoms with Gasteiger partial charge in [0.15, 0.2) is 11.6 Å². The molecule has 1 saturated carbocycles. The van der Waals surface area contributed by atoms with E-state index in [0.29, 0.717) is 35.7 Å². The lowest BCUT2D eigenvalue weighted by atomic mass is 9.66. The van der Waals surface area contributed by atoms with Crippen molar-refractivity contribution in [3.63, 3.8) is 0 Å². The summed E-state index contributed by atoms with van der Waals surface area (Å²) >= 11 is 0. The predicted octanol–water partition coefficient (Wildman–Crippen LogP) is 3.79. The lowest BCUT2D eigenvalue weighted by Crippen LogP contribution is -2.33. The normalized spacial score (nSPS) is 14.6. The molecule has 1 fully saturated rings. The molecule has 0 atom stereocenters. The molecule has 0 saturated heterocycles. The van der Waals surface area contributed by atoms with Crippen LogP contribution in [0.25, 0.3) is 17.2 Å². The number of nitrogens with zero attached hydrogens (tertiary/aromatic N) is 3. The highest BCUT2D eigenvalue weighted by Gasteiger charge is 2.36. The van der Waals surface area contributed by atoms with Crippen LogP contribution in [0.5, 0.6) is 5.75 Å². The van der Waals surface area contributed by atoms with Crippen LogP contribution in [-0.4, -0.2) is 37.1 Å². The molecule has 4 aromatic rings. The molecular weight excluding hydrogens is 432 g/mol. The van der Waals surface area contributed by atoms with Gasteiger partial charge >= 0.3 is 0 Å². The summed E-state index contributed by atoms with van der Waals surface area (Å²) in [5, 5.41) is 12.6. The summed E-state index contributed by atoms with van der Waals surface area (Å²) in [4.78, 5) is 34.4. The minimum absolute atomic E-state index is 0.0152. The molecule has 0 radical (unpaired) electrons. The molecule has 2 heterocycles. The van der Waals surface area contributed by atoms with E-state index in [-0.39, 0.29) is 35.7 Å². The van der Waals surface area contributed by atoms with Crippen molar-refractivity contribution in [2.75, 3.05) is 6.61 Å². The van der Waals surface area contributed by atoms with E-state index in [9.17, 15) is 14.7 Å². The number of hydrogen-bond donors (Lipinski definition) is 2. The fourth-order valence-corrected chi connectivity index (χ4v) is 4.38. The van der Waals surface area contributed by atoms with Crippen molar-refractivity contribution in [3.05, 3.63) is 82.3 Å². The third-order valence-electron chi connectivity index (χ3n) is 6.63. The molecule has 0 bridgehead atoms. The van der Waals surface area contributed by atoms with Gasteiger partial charge in [-0.25, -0.2) is 4.98 Å². The molecule has 2 aromatic carbocycles. The predicted molar refractivity (Wildman–Crippen MR) is 127 cm³/mol. The highest BCUT2D eigenvalue weighted by Crippen LogP contribution is 2.44. The Morgan fingerprint density at radius 2 is 1.85 bits per heavy atom. The Morgan fingerprint density at radius 3 is 2.59 bits per heavy atom. The zero-order valence-electron chi connectivity index (χ0n) is 18.7. The topological polar surface area (TPSA) is 110 Å². The third-order valence-corrected chi connectivity index (χ3v) is 6.63. The molecule has 34 heavy (non-hydrogen) atoms. The van der Waals surface area contributed by atoms with Crippen molar-refractivity contribution in [1.82, 2.24) is 19.6 Å². The maximum Gasteiger partial charge on any atom is 0.274 e. The van der Waals surface area contributed by atoms with E-state index in [2.05, 4.69) is 15.1 Å². The molecule has 2 N–H and O–H groups in total. The highest BCUT2D eigenvalue weighted by atomic mass is 16.5. The molecule has 0 spiro atoms. The highest BCUT2D eigenvalue weighted by molar-refractivity contribution is 5.98. The molecule has 5 rings (SSSR count). The molecule has 0 amide bonds. The van der Waals surface area contributed by atoms with Gasteiger partial charge in [-0.1, -0.05) is 48.9 Å². The van der Waals surface area contributed by atoms with Crippen LogP contribution in [0.4, 0.5) is 0 Å². The van der Waals surface area contributed by atoms with Gasteiger partial charge in [-0.15, -0.1) is 0 Å². The molecule has 8 nitrogen and oxygen atoms in total. The summed E-state index contributed by atoms with van der Waals surface area (Å²) in [6.45, 7) is 0.158. The van der Waals surface area contributed by atoms with Crippen molar-refractivity contribution in [2.24, 2.45) is 5.41 Å². The Labute approximate surface area is 196 Å². The molecule has 1 aliphatic carbocycles. The Morgan fingerprint density at radius 1 is 1.09 bits per heavy atom. The average molecular weight is 459 g/mol. The van der Waals surface area contributed by atoms with Crippen LogP contribution in [0.15, 0.2) is 65.5 Å². The Balaban J connectivity index is 1.32. The molecule has 0 unspecified atom stereocenters. The van der Waals surface area contributed by atoms with E-state index < -0.39 is 0 Å². The van der Waals surface area contributed by atoms with Crippen molar-refractivity contribution in [1.29, 1.82) is 0 Å². The number of H-pyrrole nitrogens is 1. The number of ether oxygens (including phenoxy) is 1. The average Bonchev–Trinajstić information content (AvgIpc) is 3.28. The lowest BCUT2D eigenvalue weighted by molar-refractivity contribution is 0.0337. The van der Waals surface area contributed by atoms with E-state index in [4.69, 9.17) is 4.74 Å². The zero-order chi connectivity index (χ0) is 23.5. The van der Waals surface area contributed by atoms with Gasteiger partial charge in [-0.3, -0.25) is 14.7 Å². The van der Waals surface area contributed by atoms with Crippen molar-refractivity contribution >= 4 is 11.6 Å². The summed E-state index contributed by atoms with van der Waals surface area (Å²) in [5.41, 5.74) is 1.38. The van der Waals surface area contributed by atoms with Gasteiger partial charge in [0.25, 0.3) is 11.3 Å². The van der Waals surface area contributed by atoms with Crippen LogP contribution in [0.2, 0.25) is 0 Å². The molecule has 174 valence electrons. The van der Waals surface area contributed by atoms with Gasteiger partial charge in [0.05, 0.1) is 11.3 Å². The quantitative estimate of drug-likeness (QED) is 0.369. The van der Waals surface area contributed by atoms with Gasteiger partial charge in [0, 0.05) is 24.7 Å². The van der Waals surface area contributed by atoms with Gasteiger partial charge in [0.2, 0.25) is 0 Å². The van der Waals surface area contributed by atoms with E-state index in [0.717, 1.165) is 24.8 Å². The first-order valence-corrected chi connectivity index (χ1v) is 11.5. The summed E-state index contributed by atoms with van der Waals surface area (Å²) in [7, 11) is 0. The number of aliphatic hydroxyl groups is 1. The number of carbonyl (C=O) groups excluding carboxylic acids is 1. The van der Waals surface area contributed by atoms with Gasteiger partial charge in [0.1, 0.15) is 12.4 Å². The fourth-order valence-electron chi connectivity index (χ4n) is 4.38. The molecule has 8 heteroatoms. The Kier molecular flexibility index (Phi) is 5.98. The number of aliphatic hydroxyl groups excluding tert-OH is 1. The maximum atomic E-state index is 12.9. The molecule has 2 aromatic heterocycles. The van der Waals surface area contributed by atoms with E-state index in [1.54, 1.807) is 24.3 Å². The maximum absolute atomic E-state index is 12.9. The number of para-hydroxylation sites is 1. The first kappa shape index (κ1) is 22.0. The van der Waals surface area contributed by atoms with Crippen LogP contribution in [0.3, 0.4) is 0 Å². The van der Waals surface area contributed by atoms with Crippen molar-refractivity contribution < 1.29 is 14.6 Å². The van der Waals surface area contributed by atoms with Crippen LogP contribution >= 0.6 is 0 Å². The van der Waals surface area contributed by atoms with Gasteiger partial charge < -0.3 is 9.84 Å². The second kappa shape index (κ2) is 9.23. The molecule has 1 aliphatic rings. The molecule has 0 aliphatic heterocycles. The second-order valence-electron chi connectivity index (χ2n) is 8.88. The number of rotatable bonds is 9. The van der Waals surface area contributed by atoms with Crippen LogP contribution < -0.4 is 10.3 Å². The van der Waals surface area contributed by atoms with Crippen molar-refractivity contribution in [2.45, 2.75) is 38.7 Å². The summed E-state index contributed by atoms with van der Waals surface area (Å²) in [6.07, 6.45) is 4.08. The van der Waals surface area contributed by atoms with Crippen LogP contribution in [0, 0.1) is 5.41 Å². The lowest BCUT2D eigenvalue weighted by Gasteiger charge is -2.40. The molecular formula is C26H26N4O4. The van der Waals surface area contributed by atoms with Crippen molar-refractivity contribution in [3.8, 4) is 17.1 Å². The fraction of sp³-hybridized carbons (Fsp3) is 0.308. The number of ketones is 1. The number of nitrogens with one attached hydrogen (secondary N) is 1. The minimum atomic E-state index is -0.294. The number of Topliss-reactive ketones (excluding diaryl/α,β-unsaturated/α-hetero) is 1.